The minimum Gasteiger partial charge on any atom is -0.312 e. The van der Waals surface area contributed by atoms with Gasteiger partial charge in [0.1, 0.15) is 0 Å². The van der Waals surface area contributed by atoms with Crippen molar-refractivity contribution in [2.75, 3.05) is 6.54 Å². The van der Waals surface area contributed by atoms with Gasteiger partial charge < -0.3 is 5.32 Å². The molecule has 0 spiro atoms. The molecule has 1 aromatic rings. The van der Waals surface area contributed by atoms with Crippen LogP contribution in [0.4, 0.5) is 0 Å². The summed E-state index contributed by atoms with van der Waals surface area (Å²) in [5, 5.41) is 7.98. The number of nitrogens with one attached hydrogen (secondary N) is 1. The second-order valence-corrected chi connectivity index (χ2v) is 6.09. The van der Waals surface area contributed by atoms with Gasteiger partial charge in [0.05, 0.1) is 17.4 Å². The van der Waals surface area contributed by atoms with Crippen LogP contribution in [0, 0.1) is 0 Å². The fourth-order valence-electron chi connectivity index (χ4n) is 2.34. The molecule has 1 N–H and O–H groups in total. The number of fused-ring (bicyclic) bond motifs is 1. The van der Waals surface area contributed by atoms with E-state index in [-0.39, 0.29) is 11.0 Å². The Morgan fingerprint density at radius 1 is 1.40 bits per heavy atom. The summed E-state index contributed by atoms with van der Waals surface area (Å²) in [5.74, 6) is 0. The van der Waals surface area contributed by atoms with Crippen LogP contribution in [-0.4, -0.2) is 16.3 Å². The summed E-state index contributed by atoms with van der Waals surface area (Å²) in [6.07, 6.45) is 2.01. The molecular weight excluding hydrogens is 186 g/mol. The van der Waals surface area contributed by atoms with Crippen molar-refractivity contribution < 1.29 is 0 Å². The average molecular weight is 207 g/mol. The van der Waals surface area contributed by atoms with Crippen LogP contribution >= 0.6 is 0 Å². The first-order valence-electron chi connectivity index (χ1n) is 5.61. The van der Waals surface area contributed by atoms with E-state index in [2.05, 4.69) is 49.7 Å². The normalized spacial score (nSPS) is 20.1. The quantitative estimate of drug-likeness (QED) is 0.705. The van der Waals surface area contributed by atoms with Crippen LogP contribution in [0.2, 0.25) is 0 Å². The van der Waals surface area contributed by atoms with E-state index in [0.717, 1.165) is 13.1 Å². The summed E-state index contributed by atoms with van der Waals surface area (Å²) in [6, 6.07) is 0. The Morgan fingerprint density at radius 3 is 2.67 bits per heavy atom. The summed E-state index contributed by atoms with van der Waals surface area (Å²) < 4.78 is 2.18. The largest absolute Gasteiger partial charge is 0.312 e. The van der Waals surface area contributed by atoms with Crippen molar-refractivity contribution in [2.45, 2.75) is 52.1 Å². The molecule has 0 bridgehead atoms. The number of rotatable bonds is 0. The topological polar surface area (TPSA) is 29.9 Å². The summed E-state index contributed by atoms with van der Waals surface area (Å²) in [5.41, 5.74) is 2.99. The van der Waals surface area contributed by atoms with Crippen LogP contribution in [0.25, 0.3) is 0 Å². The Morgan fingerprint density at radius 2 is 2.07 bits per heavy atom. The molecule has 1 aliphatic heterocycles. The molecule has 3 heteroatoms. The maximum atomic E-state index is 4.54. The molecule has 0 saturated heterocycles. The lowest BCUT2D eigenvalue weighted by Gasteiger charge is -2.35. The van der Waals surface area contributed by atoms with E-state index in [9.17, 15) is 0 Å². The lowest BCUT2D eigenvalue weighted by molar-refractivity contribution is 0.302. The molecule has 0 aliphatic carbocycles. The standard InChI is InChI=1S/C12H21N3/c1-11(2,3)15-10-9(7-14-15)6-13-8-12(10,4)5/h7,13H,6,8H2,1-5H3. The van der Waals surface area contributed by atoms with Crippen LogP contribution in [0.15, 0.2) is 6.20 Å². The fraction of sp³-hybridized carbons (Fsp3) is 0.750. The van der Waals surface area contributed by atoms with E-state index in [1.54, 1.807) is 0 Å². The van der Waals surface area contributed by atoms with Crippen molar-refractivity contribution in [3.8, 4) is 0 Å². The minimum absolute atomic E-state index is 0.0716. The van der Waals surface area contributed by atoms with Gasteiger partial charge in [-0.1, -0.05) is 13.8 Å². The number of aromatic nitrogens is 2. The van der Waals surface area contributed by atoms with Crippen LogP contribution < -0.4 is 5.32 Å². The maximum absolute atomic E-state index is 4.54. The first-order valence-corrected chi connectivity index (χ1v) is 5.61. The van der Waals surface area contributed by atoms with Crippen LogP contribution in [0.1, 0.15) is 45.9 Å². The molecule has 0 aromatic carbocycles. The first kappa shape index (κ1) is 10.7. The van der Waals surface area contributed by atoms with Gasteiger partial charge in [0.2, 0.25) is 0 Å². The Bertz CT molecular complexity index is 369. The monoisotopic (exact) mass is 207 g/mol. The molecule has 0 atom stereocenters. The summed E-state index contributed by atoms with van der Waals surface area (Å²) in [4.78, 5) is 0. The van der Waals surface area contributed by atoms with Crippen molar-refractivity contribution in [1.82, 2.24) is 15.1 Å². The van der Waals surface area contributed by atoms with Crippen LogP contribution in [0.5, 0.6) is 0 Å². The second kappa shape index (κ2) is 3.08. The first-order chi connectivity index (χ1) is 6.82. The highest BCUT2D eigenvalue weighted by Crippen LogP contribution is 2.32. The molecule has 0 fully saturated rings. The Kier molecular flexibility index (Phi) is 2.19. The summed E-state index contributed by atoms with van der Waals surface area (Å²) in [6.45, 7) is 13.2. The molecule has 2 heterocycles. The predicted molar refractivity (Wildman–Crippen MR) is 62.0 cm³/mol. The number of hydrogen-bond acceptors (Lipinski definition) is 2. The van der Waals surface area contributed by atoms with E-state index in [0.29, 0.717) is 0 Å². The van der Waals surface area contributed by atoms with Gasteiger partial charge in [-0.25, -0.2) is 0 Å². The molecular formula is C12H21N3. The van der Waals surface area contributed by atoms with Gasteiger partial charge in [-0.15, -0.1) is 0 Å². The van der Waals surface area contributed by atoms with E-state index < -0.39 is 0 Å². The van der Waals surface area contributed by atoms with Gasteiger partial charge in [-0.05, 0) is 20.8 Å². The lowest BCUT2D eigenvalue weighted by Crippen LogP contribution is -2.42. The van der Waals surface area contributed by atoms with E-state index >= 15 is 0 Å². The highest BCUT2D eigenvalue weighted by molar-refractivity contribution is 5.29. The van der Waals surface area contributed by atoms with E-state index in [1.807, 2.05) is 6.20 Å². The van der Waals surface area contributed by atoms with Crippen molar-refractivity contribution >= 4 is 0 Å². The minimum atomic E-state index is 0.0716. The Labute approximate surface area is 91.9 Å². The van der Waals surface area contributed by atoms with Gasteiger partial charge in [0, 0.05) is 24.1 Å². The lowest BCUT2D eigenvalue weighted by atomic mass is 9.83. The molecule has 2 rings (SSSR count). The third-order valence-corrected chi connectivity index (χ3v) is 3.00. The molecule has 1 aliphatic rings. The molecule has 1 aromatic heterocycles. The Balaban J connectivity index is 2.57. The second-order valence-electron chi connectivity index (χ2n) is 6.09. The Hall–Kier alpha value is -0.830. The third-order valence-electron chi connectivity index (χ3n) is 3.00. The molecule has 15 heavy (non-hydrogen) atoms. The zero-order valence-electron chi connectivity index (χ0n) is 10.4. The summed E-state index contributed by atoms with van der Waals surface area (Å²) >= 11 is 0. The molecule has 0 saturated carbocycles. The van der Waals surface area contributed by atoms with Gasteiger partial charge in [-0.2, -0.15) is 5.10 Å². The van der Waals surface area contributed by atoms with Crippen molar-refractivity contribution in [2.24, 2.45) is 0 Å². The zero-order valence-corrected chi connectivity index (χ0v) is 10.4. The maximum Gasteiger partial charge on any atom is 0.0547 e. The average Bonchev–Trinajstić information content (AvgIpc) is 2.46. The van der Waals surface area contributed by atoms with Crippen molar-refractivity contribution in [1.29, 1.82) is 0 Å². The highest BCUT2D eigenvalue weighted by Gasteiger charge is 2.34. The zero-order chi connectivity index (χ0) is 11.3. The fourth-order valence-corrected chi connectivity index (χ4v) is 2.34. The molecule has 0 amide bonds. The van der Waals surface area contributed by atoms with Gasteiger partial charge in [0.15, 0.2) is 0 Å². The van der Waals surface area contributed by atoms with Crippen molar-refractivity contribution in [3.05, 3.63) is 17.5 Å². The SMILES string of the molecule is CC1(C)CNCc2cnn(C(C)(C)C)c21. The van der Waals surface area contributed by atoms with E-state index in [1.165, 1.54) is 11.3 Å². The highest BCUT2D eigenvalue weighted by atomic mass is 15.3. The molecule has 0 radical (unpaired) electrons. The van der Waals surface area contributed by atoms with E-state index in [4.69, 9.17) is 0 Å². The van der Waals surface area contributed by atoms with Crippen molar-refractivity contribution in [3.63, 3.8) is 0 Å². The van der Waals surface area contributed by atoms with Crippen LogP contribution in [-0.2, 0) is 17.5 Å². The van der Waals surface area contributed by atoms with Gasteiger partial charge >= 0.3 is 0 Å². The smallest absolute Gasteiger partial charge is 0.0547 e. The molecule has 84 valence electrons. The van der Waals surface area contributed by atoms with Crippen LogP contribution in [0.3, 0.4) is 0 Å². The molecule has 0 unspecified atom stereocenters. The number of hydrogen-bond donors (Lipinski definition) is 1. The van der Waals surface area contributed by atoms with Gasteiger partial charge in [-0.3, -0.25) is 4.68 Å². The third kappa shape index (κ3) is 1.69. The van der Waals surface area contributed by atoms with Gasteiger partial charge in [0.25, 0.3) is 0 Å². The number of nitrogens with zero attached hydrogens (tertiary/aromatic N) is 2. The molecule has 3 nitrogen and oxygen atoms in total. The summed E-state index contributed by atoms with van der Waals surface area (Å²) in [7, 11) is 0. The predicted octanol–water partition coefficient (Wildman–Crippen LogP) is 2.02.